The predicted octanol–water partition coefficient (Wildman–Crippen LogP) is 0.962. The van der Waals surface area contributed by atoms with E-state index < -0.39 is 53.9 Å². The van der Waals surface area contributed by atoms with E-state index in [0.717, 1.165) is 5.56 Å². The number of hydrogen-bond donors (Lipinski definition) is 4. The van der Waals surface area contributed by atoms with Crippen molar-refractivity contribution in [3.8, 4) is 0 Å². The van der Waals surface area contributed by atoms with Gasteiger partial charge in [-0.05, 0) is 17.9 Å². The molecule has 3 aromatic rings. The summed E-state index contributed by atoms with van der Waals surface area (Å²) in [6, 6.07) is 5.79. The van der Waals surface area contributed by atoms with Gasteiger partial charge in [0.15, 0.2) is 0 Å². The van der Waals surface area contributed by atoms with Gasteiger partial charge in [0.05, 0.1) is 31.3 Å². The minimum Gasteiger partial charge on any atom is -0.372 e. The fraction of sp³-hybridized carbons (Fsp3) is 0.438. The van der Waals surface area contributed by atoms with Crippen molar-refractivity contribution >= 4 is 29.9 Å². The van der Waals surface area contributed by atoms with Crippen LogP contribution < -0.4 is 16.0 Å². The van der Waals surface area contributed by atoms with E-state index in [4.69, 9.17) is 4.74 Å². The van der Waals surface area contributed by atoms with Gasteiger partial charge < -0.3 is 35.4 Å². The number of aldehydes is 1. The van der Waals surface area contributed by atoms with E-state index in [-0.39, 0.29) is 31.0 Å². The van der Waals surface area contributed by atoms with Crippen LogP contribution in [0.5, 0.6) is 0 Å². The van der Waals surface area contributed by atoms with Gasteiger partial charge >= 0.3 is 0 Å². The maximum absolute atomic E-state index is 14.1. The lowest BCUT2D eigenvalue weighted by Gasteiger charge is -2.31. The Morgan fingerprint density at radius 1 is 1.07 bits per heavy atom. The van der Waals surface area contributed by atoms with Crippen LogP contribution in [0.25, 0.3) is 0 Å². The molecule has 4 rings (SSSR count). The van der Waals surface area contributed by atoms with Gasteiger partial charge in [-0.2, -0.15) is 0 Å². The topological polar surface area (TPSA) is 188 Å². The van der Waals surface area contributed by atoms with Gasteiger partial charge in [-0.15, -0.1) is 0 Å². The molecule has 4 N–H and O–H groups in total. The van der Waals surface area contributed by atoms with Crippen molar-refractivity contribution in [3.05, 3.63) is 78.4 Å². The Kier molecular flexibility index (Phi) is 12.1. The number of carbonyl (C=O) groups excluding carboxylic acids is 5. The lowest BCUT2D eigenvalue weighted by molar-refractivity contribution is -0.143. The molecule has 0 bridgehead atoms. The van der Waals surface area contributed by atoms with Gasteiger partial charge in [0, 0.05) is 43.7 Å². The SMILES string of the molecule is CC[C@@H](C=O)NC(=O)[C@@H]1C[C@@H](OCc2ccccc2)CN1C(=O)[C@@H](NC(=O)[C@H](Cc1cnc[nH]1)NC(=O)c1cnccn1)C(C)C. The van der Waals surface area contributed by atoms with Crippen LogP contribution >= 0.6 is 0 Å². The fourth-order valence-electron chi connectivity index (χ4n) is 5.13. The smallest absolute Gasteiger partial charge is 0.272 e. The van der Waals surface area contributed by atoms with E-state index in [0.29, 0.717) is 25.0 Å². The molecular formula is C32H40N8O6. The van der Waals surface area contributed by atoms with E-state index >= 15 is 0 Å². The van der Waals surface area contributed by atoms with E-state index in [1.54, 1.807) is 20.8 Å². The number of aromatic nitrogens is 4. The second kappa shape index (κ2) is 16.4. The molecule has 5 atom stereocenters. The largest absolute Gasteiger partial charge is 0.372 e. The molecule has 0 saturated carbocycles. The second-order valence-corrected chi connectivity index (χ2v) is 11.4. The Hall–Kier alpha value is -4.98. The first-order valence-electron chi connectivity index (χ1n) is 15.3. The summed E-state index contributed by atoms with van der Waals surface area (Å²) in [6.07, 6.45) is 7.94. The highest BCUT2D eigenvalue weighted by molar-refractivity contribution is 5.98. The highest BCUT2D eigenvalue weighted by atomic mass is 16.5. The first kappa shape index (κ1) is 33.9. The van der Waals surface area contributed by atoms with Crippen LogP contribution in [0.15, 0.2) is 61.4 Å². The lowest BCUT2D eigenvalue weighted by atomic mass is 10.0. The first-order chi connectivity index (χ1) is 22.2. The van der Waals surface area contributed by atoms with Crippen LogP contribution in [0.2, 0.25) is 0 Å². The first-order valence-corrected chi connectivity index (χ1v) is 15.3. The Morgan fingerprint density at radius 2 is 1.85 bits per heavy atom. The molecule has 0 aliphatic carbocycles. The Morgan fingerprint density at radius 3 is 2.48 bits per heavy atom. The minimum atomic E-state index is -1.10. The third-order valence-corrected chi connectivity index (χ3v) is 7.74. The molecule has 1 aliphatic heterocycles. The zero-order chi connectivity index (χ0) is 33.1. The van der Waals surface area contributed by atoms with Crippen LogP contribution in [-0.4, -0.2) is 91.6 Å². The quantitative estimate of drug-likeness (QED) is 0.177. The van der Waals surface area contributed by atoms with Gasteiger partial charge in [-0.3, -0.25) is 24.2 Å². The fourth-order valence-corrected chi connectivity index (χ4v) is 5.13. The molecule has 14 nitrogen and oxygen atoms in total. The highest BCUT2D eigenvalue weighted by Crippen LogP contribution is 2.24. The highest BCUT2D eigenvalue weighted by Gasteiger charge is 2.44. The number of likely N-dealkylation sites (tertiary alicyclic amines) is 1. The average molecular weight is 633 g/mol. The Bertz CT molecular complexity index is 1450. The number of ether oxygens (including phenoxy) is 1. The summed E-state index contributed by atoms with van der Waals surface area (Å²) >= 11 is 0. The normalized spacial score (nSPS) is 18.0. The van der Waals surface area contributed by atoms with Crippen molar-refractivity contribution < 1.29 is 28.7 Å². The van der Waals surface area contributed by atoms with Gasteiger partial charge in [-0.25, -0.2) is 9.97 Å². The Balaban J connectivity index is 1.53. The third kappa shape index (κ3) is 9.03. The number of benzene rings is 1. The molecule has 0 unspecified atom stereocenters. The van der Waals surface area contributed by atoms with Crippen molar-refractivity contribution in [2.45, 2.75) is 76.9 Å². The number of carbonyl (C=O) groups is 5. The van der Waals surface area contributed by atoms with Crippen LogP contribution in [0.1, 0.15) is 55.4 Å². The number of nitrogens with zero attached hydrogens (tertiary/aromatic N) is 4. The predicted molar refractivity (Wildman–Crippen MR) is 166 cm³/mol. The summed E-state index contributed by atoms with van der Waals surface area (Å²) in [5, 5.41) is 8.21. The molecule has 14 heteroatoms. The summed E-state index contributed by atoms with van der Waals surface area (Å²) in [6.45, 7) is 5.73. The lowest BCUT2D eigenvalue weighted by Crippen LogP contribution is -2.59. The maximum atomic E-state index is 14.1. The van der Waals surface area contributed by atoms with Gasteiger partial charge in [-0.1, -0.05) is 51.1 Å². The number of hydrogen-bond acceptors (Lipinski definition) is 9. The summed E-state index contributed by atoms with van der Waals surface area (Å²) < 4.78 is 6.11. The number of aromatic amines is 1. The molecule has 1 aliphatic rings. The summed E-state index contributed by atoms with van der Waals surface area (Å²) in [7, 11) is 0. The third-order valence-electron chi connectivity index (χ3n) is 7.74. The molecule has 3 heterocycles. The van der Waals surface area contributed by atoms with Gasteiger partial charge in [0.2, 0.25) is 17.7 Å². The molecule has 0 spiro atoms. The van der Waals surface area contributed by atoms with Crippen LogP contribution in [0, 0.1) is 5.92 Å². The van der Waals surface area contributed by atoms with E-state index in [2.05, 4.69) is 35.9 Å². The molecule has 4 amide bonds. The summed E-state index contributed by atoms with van der Waals surface area (Å²) in [4.78, 5) is 81.9. The molecule has 2 aromatic heterocycles. The zero-order valence-electron chi connectivity index (χ0n) is 26.1. The van der Waals surface area contributed by atoms with Crippen molar-refractivity contribution in [2.24, 2.45) is 5.92 Å². The van der Waals surface area contributed by atoms with Crippen LogP contribution in [0.4, 0.5) is 0 Å². The average Bonchev–Trinajstić information content (AvgIpc) is 3.75. The van der Waals surface area contributed by atoms with Crippen molar-refractivity contribution in [2.75, 3.05) is 6.54 Å². The van der Waals surface area contributed by atoms with E-state index in [1.165, 1.54) is 36.0 Å². The molecular weight excluding hydrogens is 592 g/mol. The van der Waals surface area contributed by atoms with Crippen molar-refractivity contribution in [1.29, 1.82) is 0 Å². The van der Waals surface area contributed by atoms with Crippen LogP contribution in [-0.2, 0) is 36.9 Å². The molecule has 1 fully saturated rings. The number of nitrogens with one attached hydrogen (secondary N) is 4. The summed E-state index contributed by atoms with van der Waals surface area (Å²) in [5.74, 6) is -2.56. The number of H-pyrrole nitrogens is 1. The summed E-state index contributed by atoms with van der Waals surface area (Å²) in [5.41, 5.74) is 1.55. The number of imidazole rings is 1. The Labute approximate surface area is 267 Å². The monoisotopic (exact) mass is 632 g/mol. The molecule has 46 heavy (non-hydrogen) atoms. The molecule has 1 aromatic carbocycles. The number of rotatable bonds is 15. The minimum absolute atomic E-state index is 0.0227. The molecule has 244 valence electrons. The second-order valence-electron chi connectivity index (χ2n) is 11.4. The molecule has 0 radical (unpaired) electrons. The standard InChI is InChI=1S/C32H40N8O6/c1-4-22(17-41)37-31(44)27-13-24(46-18-21-8-6-5-7-9-21)16-40(27)32(45)28(20(2)3)39-29(42)25(12-23-14-34-19-36-23)38-30(43)26-15-33-10-11-35-26/h5-11,14-15,17,19-20,22,24-25,27-28H,4,12-13,16,18H2,1-3H3,(H,34,36)(H,37,44)(H,38,43)(H,39,42)/t22-,24+,25-,27-,28-/m0/s1. The van der Waals surface area contributed by atoms with Gasteiger partial charge in [0.1, 0.15) is 30.1 Å². The van der Waals surface area contributed by atoms with E-state index in [9.17, 15) is 24.0 Å². The maximum Gasteiger partial charge on any atom is 0.272 e. The van der Waals surface area contributed by atoms with E-state index in [1.807, 2.05) is 30.3 Å². The van der Waals surface area contributed by atoms with Gasteiger partial charge in [0.25, 0.3) is 5.91 Å². The van der Waals surface area contributed by atoms with Crippen molar-refractivity contribution in [1.82, 2.24) is 40.8 Å². The van der Waals surface area contributed by atoms with Crippen molar-refractivity contribution in [3.63, 3.8) is 0 Å². The van der Waals surface area contributed by atoms with Crippen LogP contribution in [0.3, 0.4) is 0 Å². The number of amides is 4. The zero-order valence-corrected chi connectivity index (χ0v) is 26.1. The molecule has 1 saturated heterocycles.